The highest BCUT2D eigenvalue weighted by molar-refractivity contribution is 5.95. The first-order valence-corrected chi connectivity index (χ1v) is 9.22. The van der Waals surface area contributed by atoms with Crippen LogP contribution in [0.15, 0.2) is 53.1 Å². The van der Waals surface area contributed by atoms with Crippen LogP contribution in [0.3, 0.4) is 0 Å². The Labute approximate surface area is 171 Å². The number of aryl methyl sites for hydroxylation is 2. The van der Waals surface area contributed by atoms with Gasteiger partial charge >= 0.3 is 0 Å². The molecule has 3 aromatic rings. The highest BCUT2D eigenvalue weighted by Crippen LogP contribution is 2.17. The molecule has 0 aliphatic rings. The number of nitro benzene ring substituents is 1. The average molecular weight is 409 g/mol. The van der Waals surface area contributed by atoms with Crippen LogP contribution in [0.4, 0.5) is 5.69 Å². The summed E-state index contributed by atoms with van der Waals surface area (Å²) in [5.41, 5.74) is 6.32. The Balaban J connectivity index is 1.49. The van der Waals surface area contributed by atoms with Gasteiger partial charge in [-0.1, -0.05) is 42.4 Å². The maximum atomic E-state index is 12.0. The Morgan fingerprint density at radius 3 is 2.60 bits per heavy atom. The number of amides is 2. The van der Waals surface area contributed by atoms with Crippen LogP contribution in [0.2, 0.25) is 0 Å². The van der Waals surface area contributed by atoms with Gasteiger partial charge in [0, 0.05) is 36.1 Å². The standard InChI is InChI=1S/C20H19N5O5/c1-2-13-6-8-14(9-7-13)19-21-18(30-24-19)11-10-17(26)22-23-20(27)15-4-3-5-16(12-15)25(28)29/h3-9,12H,2,10-11H2,1H3,(H,22,26)(H,23,27). The number of nitrogens with one attached hydrogen (secondary N) is 2. The van der Waals surface area contributed by atoms with E-state index in [1.165, 1.54) is 23.8 Å². The van der Waals surface area contributed by atoms with Gasteiger partial charge in [0.1, 0.15) is 0 Å². The van der Waals surface area contributed by atoms with Crippen molar-refractivity contribution in [1.29, 1.82) is 0 Å². The number of non-ortho nitro benzene ring substituents is 1. The van der Waals surface area contributed by atoms with Crippen LogP contribution in [0, 0.1) is 10.1 Å². The van der Waals surface area contributed by atoms with Crippen LogP contribution in [0.25, 0.3) is 11.4 Å². The molecule has 0 aliphatic carbocycles. The molecule has 0 radical (unpaired) electrons. The Hall–Kier alpha value is -4.08. The van der Waals surface area contributed by atoms with E-state index < -0.39 is 16.7 Å². The lowest BCUT2D eigenvalue weighted by atomic mass is 10.1. The summed E-state index contributed by atoms with van der Waals surface area (Å²) < 4.78 is 5.16. The molecule has 10 heteroatoms. The number of hydrazine groups is 1. The van der Waals surface area contributed by atoms with Crippen molar-refractivity contribution in [2.24, 2.45) is 0 Å². The first kappa shape index (κ1) is 20.6. The number of hydrogen-bond acceptors (Lipinski definition) is 7. The van der Waals surface area contributed by atoms with Crippen molar-refractivity contribution < 1.29 is 19.0 Å². The van der Waals surface area contributed by atoms with Gasteiger partial charge in [0.2, 0.25) is 17.6 Å². The molecule has 154 valence electrons. The lowest BCUT2D eigenvalue weighted by Gasteiger charge is -2.06. The van der Waals surface area contributed by atoms with Crippen molar-refractivity contribution in [3.63, 3.8) is 0 Å². The fourth-order valence-electron chi connectivity index (χ4n) is 2.61. The number of aromatic nitrogens is 2. The van der Waals surface area contributed by atoms with E-state index in [4.69, 9.17) is 4.52 Å². The molecule has 0 fully saturated rings. The largest absolute Gasteiger partial charge is 0.339 e. The van der Waals surface area contributed by atoms with E-state index in [-0.39, 0.29) is 24.1 Å². The number of carbonyl (C=O) groups is 2. The molecule has 0 aliphatic heterocycles. The molecule has 0 saturated carbocycles. The minimum absolute atomic E-state index is 0.00558. The molecule has 2 N–H and O–H groups in total. The number of nitrogens with zero attached hydrogens (tertiary/aromatic N) is 3. The van der Waals surface area contributed by atoms with Crippen molar-refractivity contribution >= 4 is 17.5 Å². The number of rotatable bonds is 7. The summed E-state index contributed by atoms with van der Waals surface area (Å²) in [6.45, 7) is 2.07. The summed E-state index contributed by atoms with van der Waals surface area (Å²) in [5.74, 6) is -0.403. The smallest absolute Gasteiger partial charge is 0.270 e. The Morgan fingerprint density at radius 1 is 1.13 bits per heavy atom. The number of nitro groups is 1. The van der Waals surface area contributed by atoms with Crippen molar-refractivity contribution in [2.75, 3.05) is 0 Å². The minimum Gasteiger partial charge on any atom is -0.339 e. The molecule has 3 rings (SSSR count). The molecular formula is C20H19N5O5. The summed E-state index contributed by atoms with van der Waals surface area (Å²) in [6.07, 6.45) is 1.13. The highest BCUT2D eigenvalue weighted by atomic mass is 16.6. The molecule has 1 heterocycles. The number of hydrogen-bond donors (Lipinski definition) is 2. The third kappa shape index (κ3) is 5.25. The van der Waals surface area contributed by atoms with E-state index >= 15 is 0 Å². The van der Waals surface area contributed by atoms with Crippen LogP contribution >= 0.6 is 0 Å². The average Bonchev–Trinajstić information content (AvgIpc) is 3.25. The van der Waals surface area contributed by atoms with Crippen LogP contribution in [0.1, 0.15) is 35.2 Å². The van der Waals surface area contributed by atoms with Crippen molar-refractivity contribution in [1.82, 2.24) is 21.0 Å². The fraction of sp³-hybridized carbons (Fsp3) is 0.200. The fourth-order valence-corrected chi connectivity index (χ4v) is 2.61. The summed E-state index contributed by atoms with van der Waals surface area (Å²) in [6, 6.07) is 13.0. The first-order chi connectivity index (χ1) is 14.5. The molecule has 0 atom stereocenters. The SMILES string of the molecule is CCc1ccc(-c2noc(CCC(=O)NNC(=O)c3cccc([N+](=O)[O-])c3)n2)cc1. The van der Waals surface area contributed by atoms with Gasteiger partial charge in [-0.3, -0.25) is 30.6 Å². The first-order valence-electron chi connectivity index (χ1n) is 9.22. The van der Waals surface area contributed by atoms with E-state index in [0.29, 0.717) is 11.7 Å². The molecule has 1 aromatic heterocycles. The number of carbonyl (C=O) groups excluding carboxylic acids is 2. The molecule has 0 unspecified atom stereocenters. The third-order valence-corrected chi connectivity index (χ3v) is 4.29. The maximum absolute atomic E-state index is 12.0. The molecule has 0 saturated heterocycles. The van der Waals surface area contributed by atoms with Crippen LogP contribution in [-0.4, -0.2) is 26.9 Å². The summed E-state index contributed by atoms with van der Waals surface area (Å²) in [5, 5.41) is 14.7. The second-order valence-electron chi connectivity index (χ2n) is 6.37. The second kappa shape index (κ2) is 9.41. The van der Waals surface area contributed by atoms with E-state index in [1.54, 1.807) is 0 Å². The predicted molar refractivity (Wildman–Crippen MR) is 106 cm³/mol. The number of benzene rings is 2. The summed E-state index contributed by atoms with van der Waals surface area (Å²) in [7, 11) is 0. The Bertz CT molecular complexity index is 1060. The molecule has 0 spiro atoms. The molecule has 30 heavy (non-hydrogen) atoms. The van der Waals surface area contributed by atoms with Gasteiger partial charge in [-0.25, -0.2) is 0 Å². The molecule has 2 aromatic carbocycles. The maximum Gasteiger partial charge on any atom is 0.270 e. The normalized spacial score (nSPS) is 10.4. The van der Waals surface area contributed by atoms with Crippen LogP contribution in [-0.2, 0) is 17.6 Å². The van der Waals surface area contributed by atoms with Gasteiger partial charge in [-0.2, -0.15) is 4.98 Å². The van der Waals surface area contributed by atoms with Crippen molar-refractivity contribution in [3.8, 4) is 11.4 Å². The zero-order chi connectivity index (χ0) is 21.5. The zero-order valence-electron chi connectivity index (χ0n) is 16.1. The third-order valence-electron chi connectivity index (χ3n) is 4.29. The lowest BCUT2D eigenvalue weighted by molar-refractivity contribution is -0.384. The molecular weight excluding hydrogens is 390 g/mol. The Morgan fingerprint density at radius 2 is 1.90 bits per heavy atom. The van der Waals surface area contributed by atoms with Gasteiger partial charge < -0.3 is 4.52 Å². The van der Waals surface area contributed by atoms with E-state index in [0.717, 1.165) is 18.1 Å². The molecule has 10 nitrogen and oxygen atoms in total. The highest BCUT2D eigenvalue weighted by Gasteiger charge is 2.14. The predicted octanol–water partition coefficient (Wildman–Crippen LogP) is 2.60. The minimum atomic E-state index is -0.664. The molecule has 2 amide bonds. The second-order valence-corrected chi connectivity index (χ2v) is 6.37. The van der Waals surface area contributed by atoms with Gasteiger partial charge in [0.05, 0.1) is 4.92 Å². The van der Waals surface area contributed by atoms with E-state index in [1.807, 2.05) is 24.3 Å². The van der Waals surface area contributed by atoms with Crippen molar-refractivity contribution in [3.05, 3.63) is 75.7 Å². The molecule has 0 bridgehead atoms. The van der Waals surface area contributed by atoms with Gasteiger partial charge in [-0.15, -0.1) is 0 Å². The van der Waals surface area contributed by atoms with Gasteiger partial charge in [-0.05, 0) is 18.1 Å². The topological polar surface area (TPSA) is 140 Å². The summed E-state index contributed by atoms with van der Waals surface area (Å²) >= 11 is 0. The van der Waals surface area contributed by atoms with Gasteiger partial charge in [0.15, 0.2) is 0 Å². The van der Waals surface area contributed by atoms with E-state index in [2.05, 4.69) is 27.9 Å². The van der Waals surface area contributed by atoms with Crippen LogP contribution in [0.5, 0.6) is 0 Å². The van der Waals surface area contributed by atoms with Gasteiger partial charge in [0.25, 0.3) is 11.6 Å². The monoisotopic (exact) mass is 409 g/mol. The zero-order valence-corrected chi connectivity index (χ0v) is 16.1. The summed E-state index contributed by atoms with van der Waals surface area (Å²) in [4.78, 5) is 38.4. The lowest BCUT2D eigenvalue weighted by Crippen LogP contribution is -2.41. The van der Waals surface area contributed by atoms with E-state index in [9.17, 15) is 19.7 Å². The quantitative estimate of drug-likeness (QED) is 0.451. The Kier molecular flexibility index (Phi) is 6.48. The van der Waals surface area contributed by atoms with Crippen molar-refractivity contribution in [2.45, 2.75) is 26.2 Å². The van der Waals surface area contributed by atoms with Crippen LogP contribution < -0.4 is 10.9 Å².